The minimum atomic E-state index is -0.434. The Bertz CT molecular complexity index is 1220. The van der Waals surface area contributed by atoms with Crippen molar-refractivity contribution < 1.29 is 9.18 Å². The minimum absolute atomic E-state index is 0. The monoisotopic (exact) mass is 444 g/mol. The van der Waals surface area contributed by atoms with Crippen LogP contribution in [0.1, 0.15) is 17.5 Å². The number of nitrogens with one attached hydrogen (secondary N) is 1. The second-order valence-corrected chi connectivity index (χ2v) is 7.17. The number of hydrogen-bond acceptors (Lipinski definition) is 5. The topological polar surface area (TPSA) is 108 Å². The van der Waals surface area contributed by atoms with Crippen LogP contribution in [0.4, 0.5) is 10.1 Å². The lowest BCUT2D eigenvalue weighted by atomic mass is 9.95. The van der Waals surface area contributed by atoms with Crippen LogP contribution in [-0.4, -0.2) is 31.8 Å². The Balaban J connectivity index is 0.00000272. The molecule has 162 valence electrons. The lowest BCUT2D eigenvalue weighted by molar-refractivity contribution is -0.116. The van der Waals surface area contributed by atoms with E-state index in [1.807, 2.05) is 31.2 Å². The molecule has 0 saturated carbocycles. The van der Waals surface area contributed by atoms with Gasteiger partial charge in [-0.3, -0.25) is 4.79 Å². The second-order valence-electron chi connectivity index (χ2n) is 7.17. The summed E-state index contributed by atoms with van der Waals surface area (Å²) in [5.41, 5.74) is 9.77. The van der Waals surface area contributed by atoms with Crippen LogP contribution in [0.3, 0.4) is 0 Å². The maximum Gasteiger partial charge on any atom is 0.351 e. The number of nitrogens with zero attached hydrogens (tertiary/aromatic N) is 4. The summed E-state index contributed by atoms with van der Waals surface area (Å²) in [6, 6.07) is 9.35. The van der Waals surface area contributed by atoms with Gasteiger partial charge >= 0.3 is 5.69 Å². The quantitative estimate of drug-likeness (QED) is 0.628. The number of amides is 1. The van der Waals surface area contributed by atoms with E-state index in [0.717, 1.165) is 27.1 Å². The molecule has 3 N–H and O–H groups in total. The summed E-state index contributed by atoms with van der Waals surface area (Å²) in [4.78, 5) is 29.0. The summed E-state index contributed by atoms with van der Waals surface area (Å²) in [5, 5.41) is 6.96. The smallest absolute Gasteiger partial charge is 0.327 e. The standard InChI is InChI=1S/C21H21FN6O2.ClH/c1-13-7-16(8-15-5-6-19(29)26-20(13)15)17-3-2-4-18(25-17)27-12-24-28(21(27)30)11-14(9-22)10-23;/h2-4,7-9,12H,5-6,10-11,23H2,1H3,(H,26,29);1H/b14-9+;. The van der Waals surface area contributed by atoms with E-state index < -0.39 is 5.69 Å². The second kappa shape index (κ2) is 9.23. The third-order valence-corrected chi connectivity index (χ3v) is 5.08. The highest BCUT2D eigenvalue weighted by atomic mass is 35.5. The molecule has 0 atom stereocenters. The molecule has 3 aromatic rings. The van der Waals surface area contributed by atoms with Crippen molar-refractivity contribution in [1.82, 2.24) is 19.3 Å². The minimum Gasteiger partial charge on any atom is -0.327 e. The molecule has 0 fully saturated rings. The van der Waals surface area contributed by atoms with Gasteiger partial charge in [-0.2, -0.15) is 5.10 Å². The number of nitrogens with two attached hydrogens (primary N) is 1. The lowest BCUT2D eigenvalue weighted by Crippen LogP contribution is -2.26. The highest BCUT2D eigenvalue weighted by Gasteiger charge is 2.18. The Hall–Kier alpha value is -3.30. The molecule has 0 radical (unpaired) electrons. The van der Waals surface area contributed by atoms with Crippen LogP contribution >= 0.6 is 12.4 Å². The molecular formula is C21H22ClFN6O2. The molecule has 1 amide bonds. The number of aromatic nitrogens is 4. The van der Waals surface area contributed by atoms with Gasteiger partial charge < -0.3 is 11.1 Å². The largest absolute Gasteiger partial charge is 0.351 e. The predicted octanol–water partition coefficient (Wildman–Crippen LogP) is 2.52. The molecule has 3 heterocycles. The van der Waals surface area contributed by atoms with Crippen molar-refractivity contribution >= 4 is 24.0 Å². The van der Waals surface area contributed by atoms with Crippen LogP contribution < -0.4 is 16.7 Å². The van der Waals surface area contributed by atoms with Gasteiger partial charge in [0.25, 0.3) is 0 Å². The van der Waals surface area contributed by atoms with Crippen LogP contribution in [0.15, 0.2) is 53.4 Å². The summed E-state index contributed by atoms with van der Waals surface area (Å²) < 4.78 is 15.2. The van der Waals surface area contributed by atoms with E-state index in [1.165, 1.54) is 10.9 Å². The average molecular weight is 445 g/mol. The molecule has 0 saturated heterocycles. The number of pyridine rings is 1. The van der Waals surface area contributed by atoms with E-state index >= 15 is 0 Å². The molecule has 1 aliphatic rings. The molecule has 0 aliphatic carbocycles. The molecule has 8 nitrogen and oxygen atoms in total. The van der Waals surface area contributed by atoms with Gasteiger partial charge in [0.2, 0.25) is 5.91 Å². The summed E-state index contributed by atoms with van der Waals surface area (Å²) >= 11 is 0. The van der Waals surface area contributed by atoms with Crippen molar-refractivity contribution in [2.75, 3.05) is 11.9 Å². The number of anilines is 1. The zero-order valence-electron chi connectivity index (χ0n) is 16.8. The van der Waals surface area contributed by atoms with E-state index in [9.17, 15) is 14.0 Å². The lowest BCUT2D eigenvalue weighted by Gasteiger charge is -2.20. The number of fused-ring (bicyclic) bond motifs is 1. The van der Waals surface area contributed by atoms with Gasteiger partial charge in [-0.15, -0.1) is 12.4 Å². The molecular weight excluding hydrogens is 423 g/mol. The van der Waals surface area contributed by atoms with Crippen LogP contribution in [0.2, 0.25) is 0 Å². The third kappa shape index (κ3) is 4.42. The third-order valence-electron chi connectivity index (χ3n) is 5.08. The molecule has 4 rings (SSSR count). The van der Waals surface area contributed by atoms with Gasteiger partial charge in [0.1, 0.15) is 12.1 Å². The van der Waals surface area contributed by atoms with E-state index in [4.69, 9.17) is 5.73 Å². The fraction of sp³-hybridized carbons (Fsp3) is 0.238. The summed E-state index contributed by atoms with van der Waals surface area (Å²) in [7, 11) is 0. The maximum atomic E-state index is 12.8. The van der Waals surface area contributed by atoms with Crippen molar-refractivity contribution in [2.24, 2.45) is 5.73 Å². The van der Waals surface area contributed by atoms with Gasteiger partial charge in [0, 0.05) is 24.2 Å². The summed E-state index contributed by atoms with van der Waals surface area (Å²) in [6.45, 7) is 1.93. The van der Waals surface area contributed by atoms with Crippen LogP contribution in [0.5, 0.6) is 0 Å². The van der Waals surface area contributed by atoms with Crippen molar-refractivity contribution in [1.29, 1.82) is 0 Å². The fourth-order valence-corrected chi connectivity index (χ4v) is 3.49. The molecule has 0 bridgehead atoms. The molecule has 1 aliphatic heterocycles. The normalized spacial score (nSPS) is 13.4. The summed E-state index contributed by atoms with van der Waals surface area (Å²) in [5.74, 6) is 0.432. The first-order valence-corrected chi connectivity index (χ1v) is 9.54. The van der Waals surface area contributed by atoms with E-state index in [1.54, 1.807) is 6.07 Å². The van der Waals surface area contributed by atoms with Crippen LogP contribution in [0.25, 0.3) is 17.1 Å². The number of carbonyl (C=O) groups excluding carboxylic acids is 1. The highest BCUT2D eigenvalue weighted by molar-refractivity contribution is 5.95. The Morgan fingerprint density at radius 2 is 2.10 bits per heavy atom. The Morgan fingerprint density at radius 3 is 2.84 bits per heavy atom. The van der Waals surface area contributed by atoms with Crippen LogP contribution in [0, 0.1) is 6.92 Å². The first-order valence-electron chi connectivity index (χ1n) is 9.54. The Labute approximate surface area is 184 Å². The molecule has 1 aromatic carbocycles. The Morgan fingerprint density at radius 1 is 1.29 bits per heavy atom. The summed E-state index contributed by atoms with van der Waals surface area (Å²) in [6.07, 6.45) is 2.88. The fourth-order valence-electron chi connectivity index (χ4n) is 3.49. The van der Waals surface area contributed by atoms with E-state index in [0.29, 0.717) is 30.7 Å². The first kappa shape index (κ1) is 22.4. The molecule has 10 heteroatoms. The average Bonchev–Trinajstić information content (AvgIpc) is 3.12. The number of rotatable bonds is 5. The number of hydrogen-bond donors (Lipinski definition) is 2. The Kier molecular flexibility index (Phi) is 6.67. The first-order chi connectivity index (χ1) is 14.5. The molecule has 31 heavy (non-hydrogen) atoms. The molecule has 2 aromatic heterocycles. The van der Waals surface area contributed by atoms with E-state index in [-0.39, 0.29) is 37.0 Å². The van der Waals surface area contributed by atoms with Crippen molar-refractivity contribution in [3.05, 3.63) is 70.2 Å². The molecule has 0 unspecified atom stereocenters. The number of carbonyl (C=O) groups is 1. The van der Waals surface area contributed by atoms with Gasteiger partial charge in [-0.1, -0.05) is 6.07 Å². The van der Waals surface area contributed by atoms with E-state index in [2.05, 4.69) is 15.4 Å². The van der Waals surface area contributed by atoms with Gasteiger partial charge in [-0.05, 0) is 54.3 Å². The van der Waals surface area contributed by atoms with Crippen molar-refractivity contribution in [2.45, 2.75) is 26.3 Å². The zero-order chi connectivity index (χ0) is 21.3. The van der Waals surface area contributed by atoms with Gasteiger partial charge in [-0.25, -0.2) is 23.4 Å². The maximum absolute atomic E-state index is 12.8. The van der Waals surface area contributed by atoms with Crippen LogP contribution in [-0.2, 0) is 17.8 Å². The highest BCUT2D eigenvalue weighted by Crippen LogP contribution is 2.31. The number of halogens is 2. The van der Waals surface area contributed by atoms with Gasteiger partial charge in [0.15, 0.2) is 0 Å². The molecule has 0 spiro atoms. The predicted molar refractivity (Wildman–Crippen MR) is 118 cm³/mol. The number of benzene rings is 1. The SMILES string of the molecule is Cc1cc(-c2cccc(-n3cnn(C/C(=C/F)CN)c3=O)n2)cc2c1NC(=O)CC2.Cl. The van der Waals surface area contributed by atoms with Gasteiger partial charge in [0.05, 0.1) is 18.6 Å². The zero-order valence-corrected chi connectivity index (χ0v) is 17.7. The van der Waals surface area contributed by atoms with Crippen molar-refractivity contribution in [3.63, 3.8) is 0 Å². The number of aryl methyl sites for hydroxylation is 2. The van der Waals surface area contributed by atoms with Crippen molar-refractivity contribution in [3.8, 4) is 17.1 Å².